The van der Waals surface area contributed by atoms with Crippen LogP contribution >= 0.6 is 11.8 Å². The van der Waals surface area contributed by atoms with Gasteiger partial charge in [0, 0.05) is 16.3 Å². The van der Waals surface area contributed by atoms with Gasteiger partial charge < -0.3 is 15.0 Å². The van der Waals surface area contributed by atoms with Gasteiger partial charge in [-0.2, -0.15) is 0 Å². The van der Waals surface area contributed by atoms with Gasteiger partial charge in [0.1, 0.15) is 11.4 Å². The van der Waals surface area contributed by atoms with Crippen LogP contribution in [0.25, 0.3) is 11.0 Å². The minimum absolute atomic E-state index is 0.0857. The zero-order valence-corrected chi connectivity index (χ0v) is 17.7. The van der Waals surface area contributed by atoms with E-state index in [0.717, 1.165) is 32.9 Å². The van der Waals surface area contributed by atoms with Crippen molar-refractivity contribution in [3.63, 3.8) is 0 Å². The summed E-state index contributed by atoms with van der Waals surface area (Å²) in [5, 5.41) is 2.90. The minimum atomic E-state index is -0.173. The Morgan fingerprint density at radius 2 is 1.77 bits per heavy atom. The third kappa shape index (κ3) is 5.32. The number of thioether (sulfide) groups is 1. The van der Waals surface area contributed by atoms with Crippen molar-refractivity contribution in [2.75, 3.05) is 12.4 Å². The molecule has 0 saturated carbocycles. The molecule has 0 aliphatic rings. The molecule has 0 fully saturated rings. The topological polar surface area (TPSA) is 84.1 Å². The maximum absolute atomic E-state index is 12.3. The molecule has 156 valence electrons. The molecule has 0 atom stereocenters. The van der Waals surface area contributed by atoms with E-state index in [2.05, 4.69) is 15.3 Å². The molecule has 0 radical (unpaired) electrons. The summed E-state index contributed by atoms with van der Waals surface area (Å²) < 4.78 is 5.13. The zero-order valence-electron chi connectivity index (χ0n) is 16.9. The van der Waals surface area contributed by atoms with Gasteiger partial charge in [0.05, 0.1) is 24.6 Å². The fourth-order valence-electron chi connectivity index (χ4n) is 3.09. The fraction of sp³-hybridized carbons (Fsp3) is 0.125. The number of methoxy groups -OCH3 is 1. The lowest BCUT2D eigenvalue weighted by Crippen LogP contribution is -2.14. The molecule has 0 aliphatic heterocycles. The van der Waals surface area contributed by atoms with Crippen LogP contribution in [0.3, 0.4) is 0 Å². The number of nitrogens with one attached hydrogen (secondary N) is 2. The third-order valence-corrected chi connectivity index (χ3v) is 5.73. The normalized spacial score (nSPS) is 10.7. The quantitative estimate of drug-likeness (QED) is 0.424. The second-order valence-corrected chi connectivity index (χ2v) is 7.96. The Balaban J connectivity index is 1.34. The number of para-hydroxylation sites is 2. The highest BCUT2D eigenvalue weighted by Gasteiger charge is 2.07. The van der Waals surface area contributed by atoms with Gasteiger partial charge in [-0.25, -0.2) is 4.98 Å². The van der Waals surface area contributed by atoms with E-state index in [1.165, 1.54) is 11.8 Å². The first-order valence-electron chi connectivity index (χ1n) is 9.74. The van der Waals surface area contributed by atoms with Crippen LogP contribution in [0.2, 0.25) is 0 Å². The summed E-state index contributed by atoms with van der Waals surface area (Å²) in [5.41, 5.74) is 3.46. The molecule has 1 heterocycles. The van der Waals surface area contributed by atoms with Crippen molar-refractivity contribution in [1.29, 1.82) is 0 Å². The highest BCUT2D eigenvalue weighted by atomic mass is 32.2. The summed E-state index contributed by atoms with van der Waals surface area (Å²) in [4.78, 5) is 32.8. The van der Waals surface area contributed by atoms with E-state index in [4.69, 9.17) is 4.74 Å². The van der Waals surface area contributed by atoms with Crippen molar-refractivity contribution in [2.24, 2.45) is 0 Å². The molecule has 1 aromatic heterocycles. The molecule has 4 aromatic rings. The van der Waals surface area contributed by atoms with Crippen molar-refractivity contribution in [1.82, 2.24) is 9.97 Å². The molecule has 6 nitrogen and oxygen atoms in total. The Labute approximate surface area is 183 Å². The van der Waals surface area contributed by atoms with Crippen LogP contribution in [0.5, 0.6) is 5.75 Å². The standard InChI is InChI=1S/C24H21N3O3S/c1-30-18-10-6-16(7-11-18)14-23(28)25-17-8-12-19(13-9-17)31-15-22-24(29)27-21-5-3-2-4-20(21)26-22/h2-13H,14-15H2,1H3,(H,25,28)(H,27,29). The van der Waals surface area contributed by atoms with Gasteiger partial charge in [0.15, 0.2) is 0 Å². The maximum Gasteiger partial charge on any atom is 0.271 e. The third-order valence-electron chi connectivity index (χ3n) is 4.71. The van der Waals surface area contributed by atoms with E-state index in [1.54, 1.807) is 7.11 Å². The molecule has 31 heavy (non-hydrogen) atoms. The predicted octanol–water partition coefficient (Wildman–Crippen LogP) is 4.41. The Hall–Kier alpha value is -3.58. The molecule has 0 spiro atoms. The SMILES string of the molecule is COc1ccc(CC(=O)Nc2ccc(SCc3nc4ccccc4[nH]c3=O)cc2)cc1. The number of fused-ring (bicyclic) bond motifs is 1. The van der Waals surface area contributed by atoms with Gasteiger partial charge in [-0.1, -0.05) is 24.3 Å². The fourth-order valence-corrected chi connectivity index (χ4v) is 3.91. The number of H-pyrrole nitrogens is 1. The molecule has 4 rings (SSSR count). The number of hydrogen-bond acceptors (Lipinski definition) is 5. The summed E-state index contributed by atoms with van der Waals surface area (Å²) in [5.74, 6) is 1.14. The first kappa shape index (κ1) is 20.7. The minimum Gasteiger partial charge on any atom is -0.497 e. The summed E-state index contributed by atoms with van der Waals surface area (Å²) in [6.07, 6.45) is 0.289. The predicted molar refractivity (Wildman–Crippen MR) is 124 cm³/mol. The Morgan fingerprint density at radius 1 is 1.03 bits per heavy atom. The number of benzene rings is 3. The van der Waals surface area contributed by atoms with Gasteiger partial charge in [-0.3, -0.25) is 9.59 Å². The zero-order chi connectivity index (χ0) is 21.6. The van der Waals surface area contributed by atoms with Gasteiger partial charge in [-0.15, -0.1) is 11.8 Å². The van der Waals surface area contributed by atoms with E-state index < -0.39 is 0 Å². The number of aromatic amines is 1. The molecule has 0 aliphatic carbocycles. The van der Waals surface area contributed by atoms with Gasteiger partial charge in [-0.05, 0) is 54.1 Å². The smallest absolute Gasteiger partial charge is 0.271 e. The average molecular weight is 432 g/mol. The van der Waals surface area contributed by atoms with Crippen molar-refractivity contribution in [3.05, 3.63) is 94.4 Å². The van der Waals surface area contributed by atoms with Gasteiger partial charge >= 0.3 is 0 Å². The van der Waals surface area contributed by atoms with E-state index in [1.807, 2.05) is 72.8 Å². The Bertz CT molecular complexity index is 1250. The summed E-state index contributed by atoms with van der Waals surface area (Å²) in [7, 11) is 1.61. The largest absolute Gasteiger partial charge is 0.497 e. The Kier molecular flexibility index (Phi) is 6.33. The number of carbonyl (C=O) groups is 1. The summed E-state index contributed by atoms with van der Waals surface area (Å²) >= 11 is 1.52. The van der Waals surface area contributed by atoms with Gasteiger partial charge in [0.2, 0.25) is 5.91 Å². The molecule has 0 bridgehead atoms. The number of nitrogens with zero attached hydrogens (tertiary/aromatic N) is 1. The number of rotatable bonds is 7. The van der Waals surface area contributed by atoms with Crippen molar-refractivity contribution < 1.29 is 9.53 Å². The molecular formula is C24H21N3O3S. The molecule has 7 heteroatoms. The molecule has 3 aromatic carbocycles. The number of hydrogen-bond donors (Lipinski definition) is 2. The van der Waals surface area contributed by atoms with Crippen molar-refractivity contribution >= 4 is 34.4 Å². The van der Waals surface area contributed by atoms with E-state index >= 15 is 0 Å². The lowest BCUT2D eigenvalue weighted by molar-refractivity contribution is -0.115. The molecular weight excluding hydrogens is 410 g/mol. The molecule has 0 unspecified atom stereocenters. The lowest BCUT2D eigenvalue weighted by atomic mass is 10.1. The van der Waals surface area contributed by atoms with Crippen molar-refractivity contribution in [2.45, 2.75) is 17.1 Å². The number of anilines is 1. The highest BCUT2D eigenvalue weighted by Crippen LogP contribution is 2.23. The summed E-state index contributed by atoms with van der Waals surface area (Å²) in [6, 6.07) is 22.4. The molecule has 0 saturated heterocycles. The number of carbonyl (C=O) groups excluding carboxylic acids is 1. The molecule has 2 N–H and O–H groups in total. The van der Waals surface area contributed by atoms with E-state index in [9.17, 15) is 9.59 Å². The molecule has 1 amide bonds. The first-order chi connectivity index (χ1) is 15.1. The first-order valence-corrected chi connectivity index (χ1v) is 10.7. The summed E-state index contributed by atoms with van der Waals surface area (Å²) in [6.45, 7) is 0. The van der Waals surface area contributed by atoms with Crippen LogP contribution in [-0.4, -0.2) is 23.0 Å². The van der Waals surface area contributed by atoms with Gasteiger partial charge in [0.25, 0.3) is 5.56 Å². The van der Waals surface area contributed by atoms with Crippen LogP contribution in [0.15, 0.2) is 82.5 Å². The van der Waals surface area contributed by atoms with E-state index in [0.29, 0.717) is 11.4 Å². The number of aromatic nitrogens is 2. The number of amides is 1. The second-order valence-electron chi connectivity index (χ2n) is 6.92. The van der Waals surface area contributed by atoms with Crippen LogP contribution in [0.4, 0.5) is 5.69 Å². The number of ether oxygens (including phenoxy) is 1. The van der Waals surface area contributed by atoms with E-state index in [-0.39, 0.29) is 17.9 Å². The van der Waals surface area contributed by atoms with Crippen LogP contribution in [0.1, 0.15) is 11.3 Å². The van der Waals surface area contributed by atoms with Crippen LogP contribution in [0, 0.1) is 0 Å². The monoisotopic (exact) mass is 431 g/mol. The maximum atomic E-state index is 12.3. The van der Waals surface area contributed by atoms with Crippen LogP contribution < -0.4 is 15.6 Å². The van der Waals surface area contributed by atoms with Crippen molar-refractivity contribution in [3.8, 4) is 5.75 Å². The average Bonchev–Trinajstić information content (AvgIpc) is 2.79. The Morgan fingerprint density at radius 3 is 2.52 bits per heavy atom. The second kappa shape index (κ2) is 9.49. The highest BCUT2D eigenvalue weighted by molar-refractivity contribution is 7.98. The lowest BCUT2D eigenvalue weighted by Gasteiger charge is -2.07. The van der Waals surface area contributed by atoms with Crippen LogP contribution in [-0.2, 0) is 17.0 Å².